The summed E-state index contributed by atoms with van der Waals surface area (Å²) in [4.78, 5) is 26.2. The number of benzene rings is 1. The molecule has 0 unspecified atom stereocenters. The van der Waals surface area contributed by atoms with Crippen LogP contribution in [0, 0.1) is 5.82 Å². The van der Waals surface area contributed by atoms with E-state index in [1.54, 1.807) is 0 Å². The van der Waals surface area contributed by atoms with Crippen molar-refractivity contribution in [3.8, 4) is 0 Å². The van der Waals surface area contributed by atoms with E-state index >= 15 is 0 Å². The van der Waals surface area contributed by atoms with Gasteiger partial charge >= 0.3 is 6.03 Å². The third-order valence-corrected chi connectivity index (χ3v) is 3.78. The Bertz CT molecular complexity index is 615. The molecule has 1 aliphatic rings. The van der Waals surface area contributed by atoms with E-state index in [1.807, 2.05) is 0 Å². The fourth-order valence-electron chi connectivity index (χ4n) is 2.27. The molecule has 1 aliphatic heterocycles. The summed E-state index contributed by atoms with van der Waals surface area (Å²) in [5, 5.41) is 2.35. The smallest absolute Gasteiger partial charge is 0.317 e. The van der Waals surface area contributed by atoms with Crippen LogP contribution >= 0.6 is 11.6 Å². The average Bonchev–Trinajstić information content (AvgIpc) is 2.82. The summed E-state index contributed by atoms with van der Waals surface area (Å²) >= 11 is 5.60. The van der Waals surface area contributed by atoms with E-state index in [0.717, 1.165) is 11.0 Å². The van der Waals surface area contributed by atoms with E-state index in [9.17, 15) is 22.8 Å². The molecule has 1 heterocycles. The number of alkyl halides is 2. The van der Waals surface area contributed by atoms with Crippen LogP contribution < -0.4 is 10.2 Å². The third-order valence-electron chi connectivity index (χ3n) is 3.48. The molecule has 3 amide bonds. The summed E-state index contributed by atoms with van der Waals surface area (Å²) in [6.07, 6.45) is -2.35. The first kappa shape index (κ1) is 17.4. The fourth-order valence-corrected chi connectivity index (χ4v) is 2.39. The topological polar surface area (TPSA) is 52.7 Å². The number of hydrogen-bond donors (Lipinski definition) is 1. The summed E-state index contributed by atoms with van der Waals surface area (Å²) in [6, 6.07) is 2.38. The van der Waals surface area contributed by atoms with Crippen molar-refractivity contribution in [2.45, 2.75) is 18.9 Å². The molecule has 23 heavy (non-hydrogen) atoms. The van der Waals surface area contributed by atoms with Crippen LogP contribution in [0.5, 0.6) is 0 Å². The number of rotatable bonds is 4. The largest absolute Gasteiger partial charge is 0.326 e. The highest BCUT2D eigenvalue weighted by Crippen LogP contribution is 2.25. The average molecular weight is 350 g/mol. The van der Waals surface area contributed by atoms with Crippen molar-refractivity contribution in [2.24, 2.45) is 0 Å². The first-order valence-corrected chi connectivity index (χ1v) is 7.23. The highest BCUT2D eigenvalue weighted by molar-refractivity contribution is 6.30. The van der Waals surface area contributed by atoms with E-state index in [1.165, 1.54) is 24.1 Å². The van der Waals surface area contributed by atoms with Gasteiger partial charge in [0.2, 0.25) is 5.91 Å². The monoisotopic (exact) mass is 349 g/mol. The number of halogens is 4. The molecule has 9 heteroatoms. The second-order valence-electron chi connectivity index (χ2n) is 5.15. The molecule has 0 spiro atoms. The minimum atomic E-state index is -2.65. The van der Waals surface area contributed by atoms with Crippen molar-refractivity contribution in [2.75, 3.05) is 25.0 Å². The fraction of sp³-hybridized carbons (Fsp3) is 0.429. The van der Waals surface area contributed by atoms with Crippen molar-refractivity contribution in [3.63, 3.8) is 0 Å². The number of anilines is 1. The number of nitrogens with zero attached hydrogens (tertiary/aromatic N) is 2. The van der Waals surface area contributed by atoms with Gasteiger partial charge in [-0.05, 0) is 24.6 Å². The number of nitrogens with one attached hydrogen (secondary N) is 1. The van der Waals surface area contributed by atoms with E-state index < -0.39 is 36.8 Å². The Morgan fingerprint density at radius 3 is 2.83 bits per heavy atom. The molecule has 0 aromatic heterocycles. The van der Waals surface area contributed by atoms with Crippen molar-refractivity contribution < 1.29 is 22.8 Å². The van der Waals surface area contributed by atoms with Crippen LogP contribution in [-0.2, 0) is 4.79 Å². The Kier molecular flexibility index (Phi) is 5.35. The van der Waals surface area contributed by atoms with Gasteiger partial charge in [0.15, 0.2) is 0 Å². The van der Waals surface area contributed by atoms with E-state index in [0.29, 0.717) is 12.1 Å². The van der Waals surface area contributed by atoms with Crippen LogP contribution in [0.15, 0.2) is 18.2 Å². The Labute approximate surface area is 136 Å². The summed E-state index contributed by atoms with van der Waals surface area (Å²) < 4.78 is 38.0. The zero-order valence-electron chi connectivity index (χ0n) is 12.2. The predicted molar refractivity (Wildman–Crippen MR) is 79.3 cm³/mol. The first-order valence-electron chi connectivity index (χ1n) is 6.86. The molecule has 1 N–H and O–H groups in total. The molecule has 0 radical (unpaired) electrons. The van der Waals surface area contributed by atoms with Gasteiger partial charge in [-0.1, -0.05) is 11.6 Å². The van der Waals surface area contributed by atoms with Crippen molar-refractivity contribution in [1.29, 1.82) is 0 Å². The molecule has 0 saturated carbocycles. The molecule has 0 bridgehead atoms. The summed E-state index contributed by atoms with van der Waals surface area (Å²) in [5.41, 5.74) is 0.328. The molecule has 0 aliphatic carbocycles. The van der Waals surface area contributed by atoms with Gasteiger partial charge in [-0.3, -0.25) is 4.79 Å². The summed E-state index contributed by atoms with van der Waals surface area (Å²) in [7, 11) is 1.22. The second-order valence-corrected chi connectivity index (χ2v) is 5.56. The minimum absolute atomic E-state index is 0.0566. The van der Waals surface area contributed by atoms with Crippen LogP contribution in [0.4, 0.5) is 23.7 Å². The number of amides is 3. The van der Waals surface area contributed by atoms with Crippen LogP contribution in [-0.4, -0.2) is 49.4 Å². The van der Waals surface area contributed by atoms with Crippen LogP contribution in [0.25, 0.3) is 0 Å². The van der Waals surface area contributed by atoms with Crippen LogP contribution in [0.3, 0.4) is 0 Å². The molecular weight excluding hydrogens is 335 g/mol. The normalized spacial score (nSPS) is 17.7. The third kappa shape index (κ3) is 4.07. The Morgan fingerprint density at radius 2 is 2.22 bits per heavy atom. The van der Waals surface area contributed by atoms with Crippen LogP contribution in [0.2, 0.25) is 5.02 Å². The standard InChI is InChI=1S/C14H15ClF3N3O2/c1-20(7-12(17)18)14(23)19-11-4-5-21(13(11)22)8-2-3-9(15)10(16)6-8/h2-3,6,11-12H,4-5,7H2,1H3,(H,19,23)/t11-/m1/s1. The first-order chi connectivity index (χ1) is 10.8. The number of carbonyl (C=O) groups is 2. The lowest BCUT2D eigenvalue weighted by Crippen LogP contribution is -2.47. The van der Waals surface area contributed by atoms with Gasteiger partial charge in [-0.15, -0.1) is 0 Å². The van der Waals surface area contributed by atoms with Gasteiger partial charge in [0.1, 0.15) is 11.9 Å². The molecule has 126 valence electrons. The highest BCUT2D eigenvalue weighted by Gasteiger charge is 2.34. The Balaban J connectivity index is 2.01. The molecule has 1 saturated heterocycles. The van der Waals surface area contributed by atoms with Gasteiger partial charge in [-0.2, -0.15) is 0 Å². The SMILES string of the molecule is CN(CC(F)F)C(=O)N[C@@H]1CCN(c2ccc(Cl)c(F)c2)C1=O. The van der Waals surface area contributed by atoms with Crippen molar-refractivity contribution in [1.82, 2.24) is 10.2 Å². The highest BCUT2D eigenvalue weighted by atomic mass is 35.5. The van der Waals surface area contributed by atoms with E-state index in [4.69, 9.17) is 11.6 Å². The lowest BCUT2D eigenvalue weighted by molar-refractivity contribution is -0.118. The maximum Gasteiger partial charge on any atom is 0.317 e. The quantitative estimate of drug-likeness (QED) is 0.908. The van der Waals surface area contributed by atoms with Gasteiger partial charge in [0.05, 0.1) is 11.6 Å². The zero-order valence-corrected chi connectivity index (χ0v) is 13.0. The molecular formula is C14H15ClF3N3O2. The second kappa shape index (κ2) is 7.08. The lowest BCUT2D eigenvalue weighted by atomic mass is 10.2. The number of urea groups is 1. The van der Waals surface area contributed by atoms with Crippen molar-refractivity contribution >= 4 is 29.2 Å². The maximum absolute atomic E-state index is 13.5. The van der Waals surface area contributed by atoms with Crippen molar-refractivity contribution in [3.05, 3.63) is 29.0 Å². The summed E-state index contributed by atoms with van der Waals surface area (Å²) in [5.74, 6) is -1.08. The van der Waals surface area contributed by atoms with Crippen LogP contribution in [0.1, 0.15) is 6.42 Å². The Morgan fingerprint density at radius 1 is 1.52 bits per heavy atom. The van der Waals surface area contributed by atoms with Gasteiger partial charge < -0.3 is 15.1 Å². The number of carbonyl (C=O) groups excluding carboxylic acids is 2. The minimum Gasteiger partial charge on any atom is -0.326 e. The number of hydrogen-bond acceptors (Lipinski definition) is 2. The molecule has 1 atom stereocenters. The summed E-state index contributed by atoms with van der Waals surface area (Å²) in [6.45, 7) is -0.442. The molecule has 1 aromatic rings. The molecule has 2 rings (SSSR count). The Hall–Kier alpha value is -1.96. The molecule has 5 nitrogen and oxygen atoms in total. The van der Waals surface area contributed by atoms with Gasteiger partial charge in [0.25, 0.3) is 6.43 Å². The van der Waals surface area contributed by atoms with Gasteiger partial charge in [-0.25, -0.2) is 18.0 Å². The lowest BCUT2D eigenvalue weighted by Gasteiger charge is -2.21. The zero-order chi connectivity index (χ0) is 17.1. The molecule has 1 fully saturated rings. The predicted octanol–water partition coefficient (Wildman–Crippen LogP) is 2.49. The molecule has 1 aromatic carbocycles. The van der Waals surface area contributed by atoms with E-state index in [-0.39, 0.29) is 11.6 Å². The maximum atomic E-state index is 13.5. The van der Waals surface area contributed by atoms with E-state index in [2.05, 4.69) is 5.32 Å². The van der Waals surface area contributed by atoms with Gasteiger partial charge in [0, 0.05) is 19.3 Å².